The van der Waals surface area contributed by atoms with Crippen LogP contribution in [0.2, 0.25) is 0 Å². The van der Waals surface area contributed by atoms with Crippen LogP contribution in [0.5, 0.6) is 0 Å². The van der Waals surface area contributed by atoms with Gasteiger partial charge in [0.15, 0.2) is 5.89 Å². The molecule has 0 aromatic carbocycles. The van der Waals surface area contributed by atoms with Crippen molar-refractivity contribution in [3.63, 3.8) is 0 Å². The van der Waals surface area contributed by atoms with E-state index in [1.807, 2.05) is 20.8 Å². The first-order valence-electron chi connectivity index (χ1n) is 6.52. The van der Waals surface area contributed by atoms with Crippen molar-refractivity contribution >= 4 is 0 Å². The highest BCUT2D eigenvalue weighted by atomic mass is 16.4. The Labute approximate surface area is 100 Å². The zero-order valence-electron chi connectivity index (χ0n) is 11.6. The van der Waals surface area contributed by atoms with Crippen LogP contribution in [0.4, 0.5) is 0 Å². The number of nitrogens with zero attached hydrogens (tertiary/aromatic N) is 1. The Kier molecular flexibility index (Phi) is 8.97. The average Bonchev–Trinajstić information content (AvgIpc) is 2.82. The lowest BCUT2D eigenvalue weighted by Crippen LogP contribution is -1.71. The fraction of sp³-hybridized carbons (Fsp3) is 0.786. The van der Waals surface area contributed by atoms with E-state index in [2.05, 4.69) is 18.8 Å². The normalized spacial score (nSPS) is 13.6. The maximum absolute atomic E-state index is 5.10. The van der Waals surface area contributed by atoms with Gasteiger partial charge in [-0.1, -0.05) is 52.4 Å². The summed E-state index contributed by atoms with van der Waals surface area (Å²) in [4.78, 5) is 4.04. The monoisotopic (exact) mass is 225 g/mol. The third kappa shape index (κ3) is 7.49. The predicted octanol–water partition coefficient (Wildman–Crippen LogP) is 4.97. The first-order valence-corrected chi connectivity index (χ1v) is 6.52. The third-order valence-corrected chi connectivity index (χ3v) is 2.39. The van der Waals surface area contributed by atoms with Crippen molar-refractivity contribution < 1.29 is 4.42 Å². The molecule has 2 nitrogen and oxygen atoms in total. The third-order valence-electron chi connectivity index (χ3n) is 2.39. The van der Waals surface area contributed by atoms with E-state index < -0.39 is 0 Å². The highest BCUT2D eigenvalue weighted by Gasteiger charge is 1.97. The van der Waals surface area contributed by atoms with Crippen molar-refractivity contribution in [1.29, 1.82) is 0 Å². The molecule has 0 atom stereocenters. The quantitative estimate of drug-likeness (QED) is 0.623. The lowest BCUT2D eigenvalue weighted by molar-refractivity contribution is 0.493. The van der Waals surface area contributed by atoms with Crippen LogP contribution in [0, 0.1) is 20.8 Å². The second kappa shape index (κ2) is 9.44. The van der Waals surface area contributed by atoms with Gasteiger partial charge in [-0.15, -0.1) is 0 Å². The maximum atomic E-state index is 5.10. The van der Waals surface area contributed by atoms with Gasteiger partial charge in [0.25, 0.3) is 0 Å². The van der Waals surface area contributed by atoms with Crippen molar-refractivity contribution in [1.82, 2.24) is 4.98 Å². The first kappa shape index (κ1) is 15.2. The summed E-state index contributed by atoms with van der Waals surface area (Å²) in [5, 5.41) is 0. The van der Waals surface area contributed by atoms with E-state index in [0.717, 1.165) is 17.3 Å². The summed E-state index contributed by atoms with van der Waals surface area (Å²) in [7, 11) is 0. The lowest BCUT2D eigenvalue weighted by Gasteiger charge is -1.77. The Balaban J connectivity index is 0.000000241. The molecule has 1 fully saturated rings. The van der Waals surface area contributed by atoms with Crippen LogP contribution >= 0.6 is 0 Å². The van der Waals surface area contributed by atoms with Crippen LogP contribution in [0.15, 0.2) is 4.42 Å². The van der Waals surface area contributed by atoms with E-state index in [9.17, 15) is 0 Å². The molecule has 0 unspecified atom stereocenters. The summed E-state index contributed by atoms with van der Waals surface area (Å²) in [6, 6.07) is 0. The summed E-state index contributed by atoms with van der Waals surface area (Å²) >= 11 is 0. The van der Waals surface area contributed by atoms with Gasteiger partial charge in [0.1, 0.15) is 5.76 Å². The summed E-state index contributed by atoms with van der Waals surface area (Å²) in [5.74, 6) is 1.67. The highest BCUT2D eigenvalue weighted by molar-refractivity contribution is 5.03. The number of aromatic nitrogens is 1. The van der Waals surface area contributed by atoms with E-state index >= 15 is 0 Å². The standard InChI is InChI=1S/C6H9NO.C5H10.C3H8/c1-4-5(2)8-6(3)7-4;1-2-4-5-3-1;1-3-2/h1-3H3;1-5H2;3H2,1-2H3. The van der Waals surface area contributed by atoms with Gasteiger partial charge in [0.2, 0.25) is 0 Å². The molecule has 1 aliphatic carbocycles. The number of hydrogen-bond donors (Lipinski definition) is 0. The van der Waals surface area contributed by atoms with Gasteiger partial charge in [-0.3, -0.25) is 0 Å². The van der Waals surface area contributed by atoms with Gasteiger partial charge in [-0.05, 0) is 13.8 Å². The largest absolute Gasteiger partial charge is 0.446 e. The summed E-state index contributed by atoms with van der Waals surface area (Å²) < 4.78 is 5.10. The Morgan fingerprint density at radius 3 is 1.44 bits per heavy atom. The molecule has 1 aromatic heterocycles. The minimum atomic E-state index is 0.750. The van der Waals surface area contributed by atoms with Crippen molar-refractivity contribution in [2.75, 3.05) is 0 Å². The van der Waals surface area contributed by atoms with Crippen LogP contribution in [-0.4, -0.2) is 4.98 Å². The van der Waals surface area contributed by atoms with Gasteiger partial charge < -0.3 is 4.42 Å². The minimum Gasteiger partial charge on any atom is -0.446 e. The molecule has 1 aliphatic rings. The molecule has 0 spiro atoms. The molecule has 16 heavy (non-hydrogen) atoms. The van der Waals surface area contributed by atoms with Crippen LogP contribution in [0.3, 0.4) is 0 Å². The summed E-state index contributed by atoms with van der Waals surface area (Å²) in [6.07, 6.45) is 8.75. The molecule has 0 amide bonds. The minimum absolute atomic E-state index is 0.750. The molecule has 0 saturated heterocycles. The Morgan fingerprint density at radius 2 is 1.31 bits per heavy atom. The topological polar surface area (TPSA) is 26.0 Å². The van der Waals surface area contributed by atoms with Crippen LogP contribution in [0.25, 0.3) is 0 Å². The molecule has 1 saturated carbocycles. The second-order valence-corrected chi connectivity index (χ2v) is 4.35. The van der Waals surface area contributed by atoms with E-state index in [1.165, 1.54) is 38.5 Å². The van der Waals surface area contributed by atoms with Crippen LogP contribution in [0.1, 0.15) is 69.7 Å². The van der Waals surface area contributed by atoms with E-state index in [4.69, 9.17) is 4.42 Å². The zero-order valence-corrected chi connectivity index (χ0v) is 11.6. The smallest absolute Gasteiger partial charge is 0.191 e. The average molecular weight is 225 g/mol. The SMILES string of the molecule is C1CCCC1.CCC.Cc1nc(C)c(C)o1. The molecule has 0 aliphatic heterocycles. The number of hydrogen-bond acceptors (Lipinski definition) is 2. The van der Waals surface area contributed by atoms with Crippen molar-refractivity contribution in [3.05, 3.63) is 17.3 Å². The van der Waals surface area contributed by atoms with Gasteiger partial charge in [0.05, 0.1) is 5.69 Å². The fourth-order valence-electron chi connectivity index (χ4n) is 1.52. The molecule has 2 rings (SSSR count). The molecule has 1 heterocycles. The summed E-state index contributed by atoms with van der Waals surface area (Å²) in [5.41, 5.74) is 0.988. The van der Waals surface area contributed by atoms with E-state index in [1.54, 1.807) is 0 Å². The zero-order chi connectivity index (χ0) is 12.4. The molecular formula is C14H27NO. The van der Waals surface area contributed by atoms with Gasteiger partial charge in [0, 0.05) is 6.92 Å². The number of rotatable bonds is 0. The molecular weight excluding hydrogens is 198 g/mol. The molecule has 2 heteroatoms. The van der Waals surface area contributed by atoms with Crippen LogP contribution < -0.4 is 0 Å². The predicted molar refractivity (Wildman–Crippen MR) is 69.8 cm³/mol. The van der Waals surface area contributed by atoms with Crippen molar-refractivity contribution in [2.24, 2.45) is 0 Å². The fourth-order valence-corrected chi connectivity index (χ4v) is 1.52. The molecule has 0 bridgehead atoms. The highest BCUT2D eigenvalue weighted by Crippen LogP contribution is 2.15. The lowest BCUT2D eigenvalue weighted by atomic mass is 10.4. The molecule has 0 radical (unpaired) electrons. The van der Waals surface area contributed by atoms with Gasteiger partial charge in [-0.2, -0.15) is 0 Å². The van der Waals surface area contributed by atoms with Gasteiger partial charge >= 0.3 is 0 Å². The van der Waals surface area contributed by atoms with Crippen LogP contribution in [-0.2, 0) is 0 Å². The maximum Gasteiger partial charge on any atom is 0.191 e. The summed E-state index contributed by atoms with van der Waals surface area (Å²) in [6.45, 7) is 9.95. The Hall–Kier alpha value is -0.790. The molecule has 1 aromatic rings. The first-order chi connectivity index (χ1) is 7.61. The van der Waals surface area contributed by atoms with E-state index in [0.29, 0.717) is 0 Å². The number of aryl methyl sites for hydroxylation is 3. The molecule has 0 N–H and O–H groups in total. The Bertz CT molecular complexity index is 235. The van der Waals surface area contributed by atoms with Gasteiger partial charge in [-0.25, -0.2) is 4.98 Å². The van der Waals surface area contributed by atoms with Crippen molar-refractivity contribution in [2.45, 2.75) is 73.1 Å². The van der Waals surface area contributed by atoms with Crippen molar-refractivity contribution in [3.8, 4) is 0 Å². The van der Waals surface area contributed by atoms with E-state index in [-0.39, 0.29) is 0 Å². The Morgan fingerprint density at radius 1 is 0.938 bits per heavy atom. The molecule has 94 valence electrons. The second-order valence-electron chi connectivity index (χ2n) is 4.35. The number of oxazole rings is 1.